The van der Waals surface area contributed by atoms with Crippen LogP contribution >= 0.6 is 0 Å². The Kier molecular flexibility index (Phi) is 5.19. The third kappa shape index (κ3) is 3.84. The van der Waals surface area contributed by atoms with Gasteiger partial charge in [0.15, 0.2) is 0 Å². The number of anilines is 1. The molecule has 0 aliphatic rings. The lowest BCUT2D eigenvalue weighted by Gasteiger charge is -2.14. The summed E-state index contributed by atoms with van der Waals surface area (Å²) in [5, 5.41) is 13.8. The summed E-state index contributed by atoms with van der Waals surface area (Å²) in [6.45, 7) is 1.89. The summed E-state index contributed by atoms with van der Waals surface area (Å²) in [6.07, 6.45) is 0.368. The number of amides is 1. The predicted molar refractivity (Wildman–Crippen MR) is 103 cm³/mol. The lowest BCUT2D eigenvalue weighted by molar-refractivity contribution is -0.117. The molecular weight excluding hydrogens is 324 g/mol. The lowest BCUT2D eigenvalue weighted by atomic mass is 9.97. The Morgan fingerprint density at radius 1 is 1.08 bits per heavy atom. The minimum atomic E-state index is -0.278. The Hall–Kier alpha value is -3.32. The molecule has 4 nitrogen and oxygen atoms in total. The predicted octanol–water partition coefficient (Wildman–Crippen LogP) is 4.66. The van der Waals surface area contributed by atoms with Gasteiger partial charge in [-0.05, 0) is 53.1 Å². The van der Waals surface area contributed by atoms with E-state index in [1.165, 1.54) is 0 Å². The molecule has 3 rings (SSSR count). The average molecular weight is 344 g/mol. The number of nitriles is 1. The highest BCUT2D eigenvalue weighted by Crippen LogP contribution is 2.26. The van der Waals surface area contributed by atoms with Crippen LogP contribution < -0.4 is 10.1 Å². The molecular formula is C22H20N2O2. The number of carbonyl (C=O) groups is 1. The van der Waals surface area contributed by atoms with Crippen molar-refractivity contribution >= 4 is 22.4 Å². The van der Waals surface area contributed by atoms with Crippen molar-refractivity contribution in [2.24, 2.45) is 0 Å². The van der Waals surface area contributed by atoms with Gasteiger partial charge in [0.05, 0.1) is 25.5 Å². The second kappa shape index (κ2) is 7.71. The summed E-state index contributed by atoms with van der Waals surface area (Å²) in [6, 6.07) is 21.4. The molecule has 0 radical (unpaired) electrons. The highest BCUT2D eigenvalue weighted by molar-refractivity contribution is 5.96. The van der Waals surface area contributed by atoms with E-state index in [0.29, 0.717) is 6.42 Å². The number of ether oxygens (including phenoxy) is 1. The van der Waals surface area contributed by atoms with Gasteiger partial charge in [0, 0.05) is 5.69 Å². The SMILES string of the molecule is COc1ccc2cc(C(C)C(=O)Nc3ccc(CC#N)cc3)ccc2c1. The molecule has 1 amide bonds. The first-order chi connectivity index (χ1) is 12.6. The number of rotatable bonds is 5. The van der Waals surface area contributed by atoms with Crippen molar-refractivity contribution in [1.29, 1.82) is 5.26 Å². The Labute approximate surface area is 153 Å². The molecule has 0 saturated carbocycles. The van der Waals surface area contributed by atoms with Crippen LogP contribution in [0.1, 0.15) is 24.0 Å². The van der Waals surface area contributed by atoms with E-state index in [-0.39, 0.29) is 11.8 Å². The molecule has 26 heavy (non-hydrogen) atoms. The Morgan fingerprint density at radius 2 is 1.77 bits per heavy atom. The minimum Gasteiger partial charge on any atom is -0.497 e. The third-order valence-electron chi connectivity index (χ3n) is 4.47. The van der Waals surface area contributed by atoms with Crippen LogP contribution in [0, 0.1) is 11.3 Å². The zero-order valence-corrected chi connectivity index (χ0v) is 14.8. The summed E-state index contributed by atoms with van der Waals surface area (Å²) in [7, 11) is 1.65. The van der Waals surface area contributed by atoms with E-state index in [1.54, 1.807) is 7.11 Å². The van der Waals surface area contributed by atoms with E-state index in [9.17, 15) is 4.79 Å². The van der Waals surface area contributed by atoms with Crippen LogP contribution in [0.3, 0.4) is 0 Å². The summed E-state index contributed by atoms with van der Waals surface area (Å²) >= 11 is 0. The highest BCUT2D eigenvalue weighted by Gasteiger charge is 2.16. The maximum atomic E-state index is 12.6. The molecule has 1 N–H and O–H groups in total. The fourth-order valence-electron chi connectivity index (χ4n) is 2.84. The van der Waals surface area contributed by atoms with Crippen molar-refractivity contribution < 1.29 is 9.53 Å². The van der Waals surface area contributed by atoms with Gasteiger partial charge in [0.2, 0.25) is 5.91 Å². The molecule has 0 heterocycles. The van der Waals surface area contributed by atoms with Gasteiger partial charge >= 0.3 is 0 Å². The van der Waals surface area contributed by atoms with Crippen LogP contribution in [-0.2, 0) is 11.2 Å². The van der Waals surface area contributed by atoms with Crippen molar-refractivity contribution in [3.8, 4) is 11.8 Å². The van der Waals surface area contributed by atoms with Crippen molar-refractivity contribution in [3.05, 3.63) is 71.8 Å². The monoisotopic (exact) mass is 344 g/mol. The maximum Gasteiger partial charge on any atom is 0.231 e. The van der Waals surface area contributed by atoms with Crippen LogP contribution in [0.15, 0.2) is 60.7 Å². The zero-order chi connectivity index (χ0) is 18.5. The summed E-state index contributed by atoms with van der Waals surface area (Å²) in [5.41, 5.74) is 2.62. The molecule has 0 fully saturated rings. The molecule has 1 unspecified atom stereocenters. The first-order valence-corrected chi connectivity index (χ1v) is 8.45. The fraction of sp³-hybridized carbons (Fsp3) is 0.182. The third-order valence-corrected chi connectivity index (χ3v) is 4.47. The van der Waals surface area contributed by atoms with E-state index >= 15 is 0 Å². The van der Waals surface area contributed by atoms with Crippen molar-refractivity contribution in [1.82, 2.24) is 0 Å². The molecule has 0 saturated heterocycles. The smallest absolute Gasteiger partial charge is 0.231 e. The standard InChI is InChI=1S/C22H20N2O2/c1-15(22(25)24-20-8-3-16(4-9-20)11-12-23)17-5-6-19-14-21(26-2)10-7-18(19)13-17/h3-10,13-15H,11H2,1-2H3,(H,24,25). The molecule has 0 spiro atoms. The lowest BCUT2D eigenvalue weighted by Crippen LogP contribution is -2.18. The van der Waals surface area contributed by atoms with E-state index in [1.807, 2.05) is 67.6 Å². The van der Waals surface area contributed by atoms with Gasteiger partial charge in [-0.15, -0.1) is 0 Å². The van der Waals surface area contributed by atoms with Crippen LogP contribution in [-0.4, -0.2) is 13.0 Å². The Balaban J connectivity index is 1.75. The number of carbonyl (C=O) groups excluding carboxylic acids is 1. The van der Waals surface area contributed by atoms with E-state index in [0.717, 1.165) is 33.3 Å². The number of nitrogens with zero attached hydrogens (tertiary/aromatic N) is 1. The van der Waals surface area contributed by atoms with Gasteiger partial charge in [0.1, 0.15) is 5.75 Å². The number of nitrogens with one attached hydrogen (secondary N) is 1. The molecule has 0 bridgehead atoms. The maximum absolute atomic E-state index is 12.6. The first-order valence-electron chi connectivity index (χ1n) is 8.45. The molecule has 4 heteroatoms. The van der Waals surface area contributed by atoms with Crippen molar-refractivity contribution in [3.63, 3.8) is 0 Å². The summed E-state index contributed by atoms with van der Waals surface area (Å²) in [4.78, 5) is 12.6. The van der Waals surface area contributed by atoms with Crippen LogP contribution in [0.4, 0.5) is 5.69 Å². The molecule has 1 atom stereocenters. The molecule has 3 aromatic rings. The Bertz CT molecular complexity index is 972. The summed E-state index contributed by atoms with van der Waals surface area (Å²) in [5.74, 6) is 0.474. The molecule has 0 aromatic heterocycles. The van der Waals surface area contributed by atoms with Gasteiger partial charge in [-0.3, -0.25) is 4.79 Å². The van der Waals surface area contributed by atoms with E-state index in [4.69, 9.17) is 10.00 Å². The highest BCUT2D eigenvalue weighted by atomic mass is 16.5. The van der Waals surface area contributed by atoms with Gasteiger partial charge in [-0.1, -0.05) is 36.4 Å². The largest absolute Gasteiger partial charge is 0.497 e. The normalized spacial score (nSPS) is 11.6. The van der Waals surface area contributed by atoms with Gasteiger partial charge in [-0.2, -0.15) is 5.26 Å². The van der Waals surface area contributed by atoms with Crippen molar-refractivity contribution in [2.45, 2.75) is 19.3 Å². The quantitative estimate of drug-likeness (QED) is 0.732. The van der Waals surface area contributed by atoms with Crippen LogP contribution in [0.25, 0.3) is 10.8 Å². The van der Waals surface area contributed by atoms with Gasteiger partial charge in [-0.25, -0.2) is 0 Å². The summed E-state index contributed by atoms with van der Waals surface area (Å²) < 4.78 is 5.25. The van der Waals surface area contributed by atoms with E-state index in [2.05, 4.69) is 11.4 Å². The number of hydrogen-bond donors (Lipinski definition) is 1. The van der Waals surface area contributed by atoms with Gasteiger partial charge < -0.3 is 10.1 Å². The second-order valence-corrected chi connectivity index (χ2v) is 6.22. The Morgan fingerprint density at radius 3 is 2.46 bits per heavy atom. The van der Waals surface area contributed by atoms with Gasteiger partial charge in [0.25, 0.3) is 0 Å². The number of benzene rings is 3. The molecule has 0 aliphatic carbocycles. The minimum absolute atomic E-state index is 0.0640. The number of hydrogen-bond acceptors (Lipinski definition) is 3. The second-order valence-electron chi connectivity index (χ2n) is 6.22. The molecule has 0 aliphatic heterocycles. The molecule has 130 valence electrons. The van der Waals surface area contributed by atoms with Crippen molar-refractivity contribution in [2.75, 3.05) is 12.4 Å². The van der Waals surface area contributed by atoms with Crippen LogP contribution in [0.2, 0.25) is 0 Å². The van der Waals surface area contributed by atoms with Crippen LogP contribution in [0.5, 0.6) is 5.75 Å². The topological polar surface area (TPSA) is 62.1 Å². The van der Waals surface area contributed by atoms with E-state index < -0.39 is 0 Å². The number of fused-ring (bicyclic) bond motifs is 1. The molecule has 3 aromatic carbocycles. The zero-order valence-electron chi connectivity index (χ0n) is 14.8. The fourth-order valence-corrected chi connectivity index (χ4v) is 2.84. The average Bonchev–Trinajstić information content (AvgIpc) is 2.68. The number of methoxy groups -OCH3 is 1. The first kappa shape index (κ1) is 17.5.